The lowest BCUT2D eigenvalue weighted by molar-refractivity contribution is -0.192. The number of rotatable bonds is 9. The molecule has 0 heterocycles. The molecule has 2 aromatic carbocycles. The number of amides is 2. The monoisotopic (exact) mass is 607 g/mol. The fraction of sp³-hybridized carbons (Fsp3) is 0.304. The van der Waals surface area contributed by atoms with E-state index in [1.54, 1.807) is 25.1 Å². The fourth-order valence-electron chi connectivity index (χ4n) is 2.87. The number of halogens is 3. The number of benzene rings is 2. The van der Waals surface area contributed by atoms with E-state index in [4.69, 9.17) is 30.2 Å². The third-order valence-corrected chi connectivity index (χ3v) is 5.80. The molecule has 41 heavy (non-hydrogen) atoms. The van der Waals surface area contributed by atoms with Gasteiger partial charge in [0, 0.05) is 5.69 Å². The summed E-state index contributed by atoms with van der Waals surface area (Å²) in [7, 11) is -1.02. The summed E-state index contributed by atoms with van der Waals surface area (Å²) in [6, 6.07) is 7.55. The zero-order valence-corrected chi connectivity index (χ0v) is 22.7. The zero-order chi connectivity index (χ0) is 31.5. The first-order valence-corrected chi connectivity index (χ1v) is 12.7. The summed E-state index contributed by atoms with van der Waals surface area (Å²) in [6.45, 7) is 0.925. The minimum Gasteiger partial charge on any atom is -0.493 e. The maximum atomic E-state index is 12.5. The highest BCUT2D eigenvalue weighted by molar-refractivity contribution is 7.89. The van der Waals surface area contributed by atoms with Crippen molar-refractivity contribution in [1.82, 2.24) is 5.32 Å². The lowest BCUT2D eigenvalue weighted by Gasteiger charge is -2.14. The number of carboxylic acid groups (broad SMARTS) is 1. The summed E-state index contributed by atoms with van der Waals surface area (Å²) in [5.41, 5.74) is 7.07. The van der Waals surface area contributed by atoms with Crippen molar-refractivity contribution in [2.45, 2.75) is 30.5 Å². The average molecular weight is 608 g/mol. The number of carbonyl (C=O) groups is 3. The van der Waals surface area contributed by atoms with Crippen LogP contribution in [0.15, 0.2) is 46.3 Å². The van der Waals surface area contributed by atoms with Gasteiger partial charge >= 0.3 is 12.1 Å². The number of aliphatic carboxylic acids is 1. The van der Waals surface area contributed by atoms with Crippen molar-refractivity contribution in [3.05, 3.63) is 47.5 Å². The number of aliphatic hydroxyl groups is 1. The van der Waals surface area contributed by atoms with Crippen molar-refractivity contribution >= 4 is 39.5 Å². The molecule has 0 spiro atoms. The molecular weight excluding hydrogens is 579 g/mol. The van der Waals surface area contributed by atoms with Crippen LogP contribution >= 0.6 is 0 Å². The molecule has 0 aliphatic heterocycles. The van der Waals surface area contributed by atoms with E-state index in [2.05, 4.69) is 15.6 Å². The second kappa shape index (κ2) is 14.8. The quantitative estimate of drug-likeness (QED) is 0.168. The van der Waals surface area contributed by atoms with Gasteiger partial charge in [-0.25, -0.2) is 23.3 Å². The minimum atomic E-state index is -5.08. The molecule has 226 valence electrons. The first kappa shape index (κ1) is 34.6. The molecule has 0 fully saturated rings. The van der Waals surface area contributed by atoms with Gasteiger partial charge in [-0.1, -0.05) is 12.1 Å². The SMILES string of the molecule is COc1ccc(CC(=O)NC(N)=N[C@H](CO)C(=O)Nc2cc(S(N)(=O)=O)ccc2C)cc1OC.O=C(O)C(F)(F)F. The number of nitrogens with zero attached hydrogens (tertiary/aromatic N) is 1. The van der Waals surface area contributed by atoms with Crippen LogP contribution in [0.3, 0.4) is 0 Å². The highest BCUT2D eigenvalue weighted by Crippen LogP contribution is 2.27. The number of aryl methyl sites for hydroxylation is 1. The average Bonchev–Trinajstić information content (AvgIpc) is 2.87. The van der Waals surface area contributed by atoms with Crippen LogP contribution in [0, 0.1) is 6.92 Å². The van der Waals surface area contributed by atoms with Gasteiger partial charge in [-0.15, -0.1) is 0 Å². The van der Waals surface area contributed by atoms with Gasteiger partial charge < -0.3 is 30.7 Å². The van der Waals surface area contributed by atoms with Gasteiger partial charge in [-0.3, -0.25) is 14.9 Å². The number of guanidine groups is 1. The maximum absolute atomic E-state index is 12.5. The Labute approximate surface area is 232 Å². The van der Waals surface area contributed by atoms with Gasteiger partial charge in [0.25, 0.3) is 5.91 Å². The second-order valence-corrected chi connectivity index (χ2v) is 9.50. The molecule has 1 atom stereocenters. The molecule has 0 bridgehead atoms. The summed E-state index contributed by atoms with van der Waals surface area (Å²) in [5, 5.41) is 26.6. The van der Waals surface area contributed by atoms with E-state index in [1.807, 2.05) is 0 Å². The number of hydrogen-bond donors (Lipinski definition) is 6. The molecule has 14 nitrogen and oxygen atoms in total. The molecule has 0 aliphatic rings. The lowest BCUT2D eigenvalue weighted by Crippen LogP contribution is -2.41. The molecule has 2 aromatic rings. The molecule has 8 N–H and O–H groups in total. The van der Waals surface area contributed by atoms with Gasteiger partial charge in [0.1, 0.15) is 0 Å². The molecule has 0 unspecified atom stereocenters. The van der Waals surface area contributed by atoms with Crippen LogP contribution in [-0.4, -0.2) is 75.4 Å². The number of carboxylic acids is 1. The maximum Gasteiger partial charge on any atom is 0.490 e. The van der Waals surface area contributed by atoms with Crippen molar-refractivity contribution < 1.29 is 55.7 Å². The van der Waals surface area contributed by atoms with E-state index in [-0.39, 0.29) is 23.0 Å². The summed E-state index contributed by atoms with van der Waals surface area (Å²) in [5.74, 6) is -3.46. The number of methoxy groups -OCH3 is 2. The molecule has 0 aromatic heterocycles. The van der Waals surface area contributed by atoms with E-state index in [0.717, 1.165) is 0 Å². The highest BCUT2D eigenvalue weighted by atomic mass is 32.2. The Morgan fingerprint density at radius 1 is 1.07 bits per heavy atom. The molecule has 2 rings (SSSR count). The number of carbonyl (C=O) groups excluding carboxylic acids is 2. The predicted octanol–water partition coefficient (Wildman–Crippen LogP) is 0.266. The Morgan fingerprint density at radius 2 is 1.66 bits per heavy atom. The van der Waals surface area contributed by atoms with Crippen molar-refractivity contribution in [3.63, 3.8) is 0 Å². The molecule has 18 heteroatoms. The van der Waals surface area contributed by atoms with Crippen LogP contribution in [0.1, 0.15) is 11.1 Å². The van der Waals surface area contributed by atoms with Crippen LogP contribution in [0.4, 0.5) is 18.9 Å². The molecule has 2 amide bonds. The molecular formula is C23H28F3N5O9S. The van der Waals surface area contributed by atoms with E-state index in [0.29, 0.717) is 22.6 Å². The Balaban J connectivity index is 0.00000106. The number of ether oxygens (including phenoxy) is 2. The van der Waals surface area contributed by atoms with Crippen molar-refractivity contribution in [1.29, 1.82) is 0 Å². The second-order valence-electron chi connectivity index (χ2n) is 7.94. The standard InChI is InChI=1S/C21H27N5O7S.C2HF3O2/c1-12-4-6-14(34(23,30)31)10-15(12)24-20(29)16(11-27)25-21(22)26-19(28)9-13-5-7-17(32-2)18(8-13)33-3;3-2(4,5)1(6)7/h4-8,10,16,27H,9,11H2,1-3H3,(H,24,29)(H2,23,30,31)(H3,22,25,26,28);(H,6,7)/t16-;/m1./s1. The van der Waals surface area contributed by atoms with E-state index >= 15 is 0 Å². The van der Waals surface area contributed by atoms with Gasteiger partial charge in [0.2, 0.25) is 15.9 Å². The third kappa shape index (κ3) is 11.3. The first-order valence-electron chi connectivity index (χ1n) is 11.1. The van der Waals surface area contributed by atoms with Crippen LogP contribution in [0.2, 0.25) is 0 Å². The summed E-state index contributed by atoms with van der Waals surface area (Å²) in [6.07, 6.45) is -5.15. The number of hydrogen-bond acceptors (Lipinski definition) is 9. The molecule has 0 saturated heterocycles. The largest absolute Gasteiger partial charge is 0.493 e. The van der Waals surface area contributed by atoms with Crippen molar-refractivity contribution in [2.24, 2.45) is 15.9 Å². The fourth-order valence-corrected chi connectivity index (χ4v) is 3.41. The number of primary sulfonamides is 1. The summed E-state index contributed by atoms with van der Waals surface area (Å²) >= 11 is 0. The Morgan fingerprint density at radius 3 is 2.15 bits per heavy atom. The Hall–Kier alpha value is -4.42. The zero-order valence-electron chi connectivity index (χ0n) is 21.9. The Bertz CT molecular complexity index is 1400. The van der Waals surface area contributed by atoms with Crippen LogP contribution in [0.25, 0.3) is 0 Å². The van der Waals surface area contributed by atoms with E-state index in [1.165, 1.54) is 32.4 Å². The highest BCUT2D eigenvalue weighted by Gasteiger charge is 2.38. The number of alkyl halides is 3. The number of sulfonamides is 1. The lowest BCUT2D eigenvalue weighted by atomic mass is 10.1. The smallest absolute Gasteiger partial charge is 0.490 e. The number of aliphatic imine (C=N–C) groups is 1. The van der Waals surface area contributed by atoms with Gasteiger partial charge in [0.05, 0.1) is 32.1 Å². The number of aliphatic hydroxyl groups excluding tert-OH is 1. The number of anilines is 1. The van der Waals surface area contributed by atoms with Gasteiger partial charge in [0.15, 0.2) is 23.5 Å². The molecule has 0 aliphatic carbocycles. The number of nitrogens with two attached hydrogens (primary N) is 2. The predicted molar refractivity (Wildman–Crippen MR) is 139 cm³/mol. The molecule has 0 radical (unpaired) electrons. The van der Waals surface area contributed by atoms with Crippen molar-refractivity contribution in [3.8, 4) is 11.5 Å². The van der Waals surface area contributed by atoms with Gasteiger partial charge in [-0.05, 0) is 42.3 Å². The Kier molecular flexibility index (Phi) is 12.5. The van der Waals surface area contributed by atoms with Gasteiger partial charge in [-0.2, -0.15) is 13.2 Å². The first-order chi connectivity index (χ1) is 18.9. The molecule has 0 saturated carbocycles. The normalized spacial score (nSPS) is 12.3. The third-order valence-electron chi connectivity index (χ3n) is 4.89. The minimum absolute atomic E-state index is 0.0634. The topological polar surface area (TPSA) is 233 Å². The van der Waals surface area contributed by atoms with Crippen LogP contribution in [0.5, 0.6) is 11.5 Å². The van der Waals surface area contributed by atoms with Crippen LogP contribution < -0.4 is 31.0 Å². The number of nitrogens with one attached hydrogen (secondary N) is 2. The summed E-state index contributed by atoms with van der Waals surface area (Å²) in [4.78, 5) is 37.4. The van der Waals surface area contributed by atoms with Crippen LogP contribution in [-0.2, 0) is 30.8 Å². The van der Waals surface area contributed by atoms with Crippen molar-refractivity contribution in [2.75, 3.05) is 26.1 Å². The van der Waals surface area contributed by atoms with E-state index in [9.17, 15) is 36.3 Å². The van der Waals surface area contributed by atoms with E-state index < -0.39 is 46.6 Å². The summed E-state index contributed by atoms with van der Waals surface area (Å²) < 4.78 is 65.2.